The van der Waals surface area contributed by atoms with Gasteiger partial charge in [0.15, 0.2) is 0 Å². The summed E-state index contributed by atoms with van der Waals surface area (Å²) in [7, 11) is 0. The van der Waals surface area contributed by atoms with Crippen LogP contribution in [-0.4, -0.2) is 28.7 Å². The van der Waals surface area contributed by atoms with Crippen molar-refractivity contribution < 1.29 is 14.3 Å². The van der Waals surface area contributed by atoms with E-state index in [0.29, 0.717) is 24.2 Å². The van der Waals surface area contributed by atoms with Crippen LogP contribution >= 0.6 is 15.9 Å². The quantitative estimate of drug-likeness (QED) is 0.778. The molecule has 1 aliphatic rings. The molecule has 6 heteroatoms. The van der Waals surface area contributed by atoms with Crippen LogP contribution < -0.4 is 5.32 Å². The zero-order valence-corrected chi connectivity index (χ0v) is 14.3. The Morgan fingerprint density at radius 2 is 2.09 bits per heavy atom. The van der Waals surface area contributed by atoms with Crippen LogP contribution in [-0.2, 0) is 11.2 Å². The largest absolute Gasteiger partial charge is 0.443 e. The van der Waals surface area contributed by atoms with Crippen LogP contribution in [0.5, 0.6) is 0 Å². The number of fused-ring (bicyclic) bond motifs is 3. The summed E-state index contributed by atoms with van der Waals surface area (Å²) in [5.74, 6) is -0.237. The lowest BCUT2D eigenvalue weighted by atomic mass is 10.0. The minimum Gasteiger partial charge on any atom is -0.443 e. The van der Waals surface area contributed by atoms with E-state index in [1.165, 1.54) is 4.57 Å². The number of hydrogen-bond acceptors (Lipinski definition) is 3. The molecule has 0 saturated carbocycles. The smallest absolute Gasteiger partial charge is 0.419 e. The first-order chi connectivity index (χ1) is 10.3. The Hall–Kier alpha value is -1.82. The van der Waals surface area contributed by atoms with E-state index in [1.807, 2.05) is 18.2 Å². The topological polar surface area (TPSA) is 60.3 Å². The van der Waals surface area contributed by atoms with E-state index in [0.717, 1.165) is 15.4 Å². The maximum absolute atomic E-state index is 12.6. The average molecular weight is 365 g/mol. The fourth-order valence-corrected chi connectivity index (χ4v) is 3.06. The first-order valence-electron chi connectivity index (χ1n) is 7.12. The van der Waals surface area contributed by atoms with E-state index in [2.05, 4.69) is 21.2 Å². The van der Waals surface area contributed by atoms with Crippen molar-refractivity contribution in [3.05, 3.63) is 33.9 Å². The standard InChI is InChI=1S/C16H17BrN2O3/c1-16(2,3)22-15(21)19-12-5-4-9(17)8-11(12)10-6-7-18-14(20)13(10)19/h4-5,8H,6-7H2,1-3H3,(H,18,20). The molecule has 0 fully saturated rings. The molecule has 1 aromatic heterocycles. The third kappa shape index (κ3) is 2.52. The van der Waals surface area contributed by atoms with Crippen molar-refractivity contribution >= 4 is 38.8 Å². The molecule has 2 aromatic rings. The summed E-state index contributed by atoms with van der Waals surface area (Å²) in [6.45, 7) is 5.99. The second-order valence-corrected chi connectivity index (χ2v) is 7.23. The predicted octanol–water partition coefficient (Wildman–Crippen LogP) is 3.47. The summed E-state index contributed by atoms with van der Waals surface area (Å²) in [5.41, 5.74) is 1.35. The van der Waals surface area contributed by atoms with E-state index in [4.69, 9.17) is 4.74 Å². The second kappa shape index (κ2) is 5.12. The highest BCUT2D eigenvalue weighted by Crippen LogP contribution is 2.31. The number of carbonyl (C=O) groups excluding carboxylic acids is 2. The van der Waals surface area contributed by atoms with Gasteiger partial charge in [-0.05, 0) is 51.0 Å². The molecular weight excluding hydrogens is 348 g/mol. The monoisotopic (exact) mass is 364 g/mol. The number of benzene rings is 1. The van der Waals surface area contributed by atoms with Crippen molar-refractivity contribution in [1.82, 2.24) is 9.88 Å². The number of aromatic nitrogens is 1. The van der Waals surface area contributed by atoms with Crippen LogP contribution in [0.2, 0.25) is 0 Å². The highest BCUT2D eigenvalue weighted by molar-refractivity contribution is 9.10. The molecule has 0 atom stereocenters. The lowest BCUT2D eigenvalue weighted by Crippen LogP contribution is -2.36. The van der Waals surface area contributed by atoms with Gasteiger partial charge in [0.05, 0.1) is 5.52 Å². The number of halogens is 1. The first kappa shape index (κ1) is 15.1. The third-order valence-electron chi connectivity index (χ3n) is 3.49. The van der Waals surface area contributed by atoms with Gasteiger partial charge in [0, 0.05) is 16.4 Å². The Morgan fingerprint density at radius 1 is 1.36 bits per heavy atom. The number of nitrogens with one attached hydrogen (secondary N) is 1. The molecule has 116 valence electrons. The Balaban J connectivity index is 2.26. The van der Waals surface area contributed by atoms with Gasteiger partial charge in [0.2, 0.25) is 0 Å². The highest BCUT2D eigenvalue weighted by Gasteiger charge is 2.30. The molecule has 0 saturated heterocycles. The summed E-state index contributed by atoms with van der Waals surface area (Å²) >= 11 is 3.44. The molecule has 1 aromatic carbocycles. The van der Waals surface area contributed by atoms with Gasteiger partial charge in [0.1, 0.15) is 11.3 Å². The fraction of sp³-hybridized carbons (Fsp3) is 0.375. The summed E-state index contributed by atoms with van der Waals surface area (Å²) in [5, 5.41) is 3.70. The summed E-state index contributed by atoms with van der Waals surface area (Å²) in [6, 6.07) is 5.62. The predicted molar refractivity (Wildman–Crippen MR) is 87.3 cm³/mol. The van der Waals surface area contributed by atoms with Crippen LogP contribution in [0.1, 0.15) is 36.8 Å². The number of carbonyl (C=O) groups is 2. The normalized spacial score (nSPS) is 14.6. The fourth-order valence-electron chi connectivity index (χ4n) is 2.70. The number of ether oxygens (including phenoxy) is 1. The summed E-state index contributed by atoms with van der Waals surface area (Å²) in [4.78, 5) is 24.9. The van der Waals surface area contributed by atoms with Gasteiger partial charge in [-0.3, -0.25) is 4.79 Å². The molecule has 0 bridgehead atoms. The van der Waals surface area contributed by atoms with Crippen molar-refractivity contribution in [2.24, 2.45) is 0 Å². The molecule has 2 heterocycles. The van der Waals surface area contributed by atoms with E-state index < -0.39 is 11.7 Å². The van der Waals surface area contributed by atoms with Crippen molar-refractivity contribution in [3.63, 3.8) is 0 Å². The van der Waals surface area contributed by atoms with Gasteiger partial charge in [0.25, 0.3) is 5.91 Å². The van der Waals surface area contributed by atoms with Crippen molar-refractivity contribution in [2.75, 3.05) is 6.54 Å². The zero-order valence-electron chi connectivity index (χ0n) is 12.7. The second-order valence-electron chi connectivity index (χ2n) is 6.31. The van der Waals surface area contributed by atoms with E-state index >= 15 is 0 Å². The van der Waals surface area contributed by atoms with Gasteiger partial charge < -0.3 is 10.1 Å². The van der Waals surface area contributed by atoms with Crippen LogP contribution in [0.25, 0.3) is 10.9 Å². The molecule has 1 aliphatic heterocycles. The molecule has 0 unspecified atom stereocenters. The van der Waals surface area contributed by atoms with Crippen molar-refractivity contribution in [3.8, 4) is 0 Å². The van der Waals surface area contributed by atoms with E-state index in [9.17, 15) is 9.59 Å². The molecule has 0 spiro atoms. The lowest BCUT2D eigenvalue weighted by molar-refractivity contribution is 0.0533. The zero-order chi connectivity index (χ0) is 16.1. The minimum atomic E-state index is -0.624. The van der Waals surface area contributed by atoms with Crippen LogP contribution in [0.15, 0.2) is 22.7 Å². The van der Waals surface area contributed by atoms with Crippen molar-refractivity contribution in [2.45, 2.75) is 32.8 Å². The molecular formula is C16H17BrN2O3. The first-order valence-corrected chi connectivity index (χ1v) is 7.91. The number of nitrogens with zero attached hydrogens (tertiary/aromatic N) is 1. The van der Waals surface area contributed by atoms with Crippen LogP contribution in [0.4, 0.5) is 4.79 Å². The molecule has 0 aliphatic carbocycles. The van der Waals surface area contributed by atoms with Gasteiger partial charge in [-0.15, -0.1) is 0 Å². The number of hydrogen-bond donors (Lipinski definition) is 1. The summed E-state index contributed by atoms with van der Waals surface area (Å²) in [6.07, 6.45) is 0.169. The Bertz CT molecular complexity index is 787. The molecule has 1 amide bonds. The molecule has 5 nitrogen and oxygen atoms in total. The summed E-state index contributed by atoms with van der Waals surface area (Å²) < 4.78 is 7.77. The van der Waals surface area contributed by atoms with Crippen molar-refractivity contribution in [1.29, 1.82) is 0 Å². The average Bonchev–Trinajstić information content (AvgIpc) is 2.72. The van der Waals surface area contributed by atoms with Gasteiger partial charge >= 0.3 is 6.09 Å². The van der Waals surface area contributed by atoms with E-state index in [-0.39, 0.29) is 5.91 Å². The maximum atomic E-state index is 12.6. The number of rotatable bonds is 0. The van der Waals surface area contributed by atoms with Gasteiger partial charge in [-0.1, -0.05) is 15.9 Å². The minimum absolute atomic E-state index is 0.237. The number of amides is 1. The molecule has 3 rings (SSSR count). The van der Waals surface area contributed by atoms with Gasteiger partial charge in [-0.25, -0.2) is 9.36 Å². The Kier molecular flexibility index (Phi) is 3.51. The van der Waals surface area contributed by atoms with E-state index in [1.54, 1.807) is 20.8 Å². The van der Waals surface area contributed by atoms with Crippen LogP contribution in [0.3, 0.4) is 0 Å². The third-order valence-corrected chi connectivity index (χ3v) is 3.98. The maximum Gasteiger partial charge on any atom is 0.419 e. The Morgan fingerprint density at radius 3 is 2.77 bits per heavy atom. The molecule has 22 heavy (non-hydrogen) atoms. The lowest BCUT2D eigenvalue weighted by Gasteiger charge is -2.21. The SMILES string of the molecule is CC(C)(C)OC(=O)n1c2c(c3cc(Br)ccc31)CCNC2=O. The van der Waals surface area contributed by atoms with Crippen LogP contribution in [0, 0.1) is 0 Å². The Labute approximate surface area is 136 Å². The highest BCUT2D eigenvalue weighted by atomic mass is 79.9. The van der Waals surface area contributed by atoms with Gasteiger partial charge in [-0.2, -0.15) is 0 Å². The molecule has 1 N–H and O–H groups in total. The molecule has 0 radical (unpaired) electrons.